The molecule has 0 spiro atoms. The Balaban J connectivity index is 4.25. The number of likely N-dealkylation sites (N-methyl/N-ethyl adjacent to an activating group) is 1. The Morgan fingerprint density at radius 3 is 1.40 bits per heavy atom. The summed E-state index contributed by atoms with van der Waals surface area (Å²) < 4.78 is 35.1. The van der Waals surface area contributed by atoms with Gasteiger partial charge in [-0.1, -0.05) is 182 Å². The van der Waals surface area contributed by atoms with Gasteiger partial charge in [0.15, 0.2) is 0 Å². The van der Waals surface area contributed by atoms with Crippen LogP contribution in [0.2, 0.25) is 0 Å². The van der Waals surface area contributed by atoms with E-state index in [1.807, 2.05) is 21.1 Å². The number of phosphoric acid groups is 1. The van der Waals surface area contributed by atoms with E-state index >= 15 is 0 Å². The first-order valence-electron chi connectivity index (χ1n) is 25.3. The number of ether oxygens (including phenoxy) is 2. The monoisotopic (exact) mass is 903 g/mol. The summed E-state index contributed by atoms with van der Waals surface area (Å²) in [5.41, 5.74) is 0. The van der Waals surface area contributed by atoms with Crippen molar-refractivity contribution in [3.63, 3.8) is 0 Å². The van der Waals surface area contributed by atoms with Gasteiger partial charge in [-0.3, -0.25) is 13.8 Å². The zero-order chi connectivity index (χ0) is 46.2. The maximum absolute atomic E-state index is 12.8. The number of rotatable bonds is 46. The lowest BCUT2D eigenvalue weighted by Gasteiger charge is -2.24. The second-order valence-electron chi connectivity index (χ2n) is 17.8. The van der Waals surface area contributed by atoms with Gasteiger partial charge in [-0.05, 0) is 89.9 Å². The second kappa shape index (κ2) is 46.2. The van der Waals surface area contributed by atoms with Gasteiger partial charge >= 0.3 is 13.8 Å². The van der Waals surface area contributed by atoms with Crippen LogP contribution in [0.4, 0.5) is 0 Å². The minimum Gasteiger partial charge on any atom is -0.457 e. The van der Waals surface area contributed by atoms with Crippen molar-refractivity contribution >= 4 is 13.8 Å². The number of carbonyl (C=O) groups is 1. The first kappa shape index (κ1) is 60.7. The van der Waals surface area contributed by atoms with Gasteiger partial charge in [0, 0.05) is 13.0 Å². The first-order valence-corrected chi connectivity index (χ1v) is 26.8. The average molecular weight is 903 g/mol. The van der Waals surface area contributed by atoms with E-state index in [1.165, 1.54) is 89.9 Å². The quantitative estimate of drug-likeness (QED) is 0.0214. The molecule has 2 atom stereocenters. The Morgan fingerprint density at radius 1 is 0.508 bits per heavy atom. The number of phosphoric ester groups is 1. The van der Waals surface area contributed by atoms with Crippen molar-refractivity contribution < 1.29 is 37.3 Å². The number of hydrogen-bond donors (Lipinski definition) is 1. The standard InChI is InChI=1S/C54H96NO7P/c1-6-8-10-12-14-16-18-20-22-24-26-27-28-30-32-34-36-38-40-42-44-46-49-59-51-53(52-61-63(57,58)60-50-48-55(3,4)5)62-54(56)47-45-43-41-39-37-35-33-31-29-25-23-21-19-17-15-13-11-9-7-2/h8,10,14,16,20-23,26-27,30,32,36,38,53H,6-7,9,11-13,15,17-19,24-25,28-29,31,33-35,37,39-52H2,1-5H3/p+1/b10-8-,16-14-,22-20-,23-21-,27-26-,32-30-,38-36-. The van der Waals surface area contributed by atoms with Crippen LogP contribution >= 0.6 is 7.82 Å². The molecule has 63 heavy (non-hydrogen) atoms. The Morgan fingerprint density at radius 2 is 0.921 bits per heavy atom. The maximum Gasteiger partial charge on any atom is 0.472 e. The van der Waals surface area contributed by atoms with Crippen LogP contribution in [-0.4, -0.2) is 75.6 Å². The summed E-state index contributed by atoms with van der Waals surface area (Å²) in [6, 6.07) is 0. The fraction of sp³-hybridized carbons (Fsp3) is 0.722. The highest BCUT2D eigenvalue weighted by molar-refractivity contribution is 7.47. The Hall–Kier alpha value is -2.32. The highest BCUT2D eigenvalue weighted by Crippen LogP contribution is 2.43. The number of unbranched alkanes of at least 4 members (excludes halogenated alkanes) is 18. The van der Waals surface area contributed by atoms with E-state index in [0.717, 1.165) is 83.5 Å². The molecule has 0 radical (unpaired) electrons. The molecule has 0 rings (SSSR count). The van der Waals surface area contributed by atoms with Crippen molar-refractivity contribution in [1.29, 1.82) is 0 Å². The van der Waals surface area contributed by atoms with Crippen LogP contribution in [0.5, 0.6) is 0 Å². The molecule has 0 heterocycles. The number of esters is 1. The summed E-state index contributed by atoms with van der Waals surface area (Å²) in [7, 11) is 1.63. The normalized spacial score (nSPS) is 14.3. The smallest absolute Gasteiger partial charge is 0.457 e. The Bertz CT molecular complexity index is 1280. The summed E-state index contributed by atoms with van der Waals surface area (Å²) in [4.78, 5) is 23.0. The molecule has 0 aromatic rings. The molecular formula is C54H97NO7P+. The molecule has 1 N–H and O–H groups in total. The van der Waals surface area contributed by atoms with Crippen molar-refractivity contribution in [3.05, 3.63) is 85.1 Å². The molecule has 8 nitrogen and oxygen atoms in total. The summed E-state index contributed by atoms with van der Waals surface area (Å²) in [6.45, 7) is 5.41. The van der Waals surface area contributed by atoms with Crippen molar-refractivity contribution in [1.82, 2.24) is 0 Å². The van der Waals surface area contributed by atoms with Crippen molar-refractivity contribution in [2.75, 3.05) is 54.1 Å². The van der Waals surface area contributed by atoms with Crippen LogP contribution in [0.3, 0.4) is 0 Å². The van der Waals surface area contributed by atoms with E-state index in [4.69, 9.17) is 18.5 Å². The van der Waals surface area contributed by atoms with Crippen molar-refractivity contribution in [2.24, 2.45) is 0 Å². The van der Waals surface area contributed by atoms with Gasteiger partial charge < -0.3 is 18.9 Å². The summed E-state index contributed by atoms with van der Waals surface area (Å²) >= 11 is 0. The lowest BCUT2D eigenvalue weighted by molar-refractivity contribution is -0.870. The molecule has 0 saturated heterocycles. The van der Waals surface area contributed by atoms with E-state index in [0.29, 0.717) is 24.1 Å². The van der Waals surface area contributed by atoms with Gasteiger partial charge in [0.05, 0.1) is 34.4 Å². The van der Waals surface area contributed by atoms with Gasteiger partial charge in [-0.2, -0.15) is 0 Å². The van der Waals surface area contributed by atoms with Crippen LogP contribution in [0.25, 0.3) is 0 Å². The lowest BCUT2D eigenvalue weighted by atomic mass is 10.1. The number of allylic oxidation sites excluding steroid dienone is 14. The van der Waals surface area contributed by atoms with E-state index in [-0.39, 0.29) is 25.8 Å². The van der Waals surface area contributed by atoms with Gasteiger partial charge in [0.1, 0.15) is 19.3 Å². The predicted molar refractivity (Wildman–Crippen MR) is 270 cm³/mol. The maximum atomic E-state index is 12.8. The fourth-order valence-corrected chi connectivity index (χ4v) is 7.29. The van der Waals surface area contributed by atoms with Crippen LogP contribution in [-0.2, 0) is 27.9 Å². The zero-order valence-corrected chi connectivity index (χ0v) is 42.2. The highest BCUT2D eigenvalue weighted by Gasteiger charge is 2.26. The molecule has 0 bridgehead atoms. The highest BCUT2D eigenvalue weighted by atomic mass is 31.2. The molecule has 0 aliphatic rings. The summed E-state index contributed by atoms with van der Waals surface area (Å²) in [5.74, 6) is -0.330. The number of hydrogen-bond acceptors (Lipinski definition) is 6. The molecule has 2 unspecified atom stereocenters. The third-order valence-electron chi connectivity index (χ3n) is 10.4. The zero-order valence-electron chi connectivity index (χ0n) is 41.3. The summed E-state index contributed by atoms with van der Waals surface area (Å²) in [6.07, 6.45) is 62.0. The molecule has 0 aliphatic heterocycles. The molecule has 0 aromatic carbocycles. The number of carbonyl (C=O) groups excluding carboxylic acids is 1. The molecular weight excluding hydrogens is 806 g/mol. The average Bonchev–Trinajstić information content (AvgIpc) is 3.24. The van der Waals surface area contributed by atoms with Crippen LogP contribution in [0.15, 0.2) is 85.1 Å². The molecule has 9 heteroatoms. The van der Waals surface area contributed by atoms with E-state index < -0.39 is 13.9 Å². The molecule has 0 aromatic heterocycles. The minimum absolute atomic E-state index is 0.0772. The van der Waals surface area contributed by atoms with Crippen molar-refractivity contribution in [3.8, 4) is 0 Å². The summed E-state index contributed by atoms with van der Waals surface area (Å²) in [5, 5.41) is 0. The lowest BCUT2D eigenvalue weighted by Crippen LogP contribution is -2.37. The third-order valence-corrected chi connectivity index (χ3v) is 11.4. The topological polar surface area (TPSA) is 91.3 Å². The number of quaternary nitrogens is 1. The van der Waals surface area contributed by atoms with Crippen molar-refractivity contribution in [2.45, 2.75) is 200 Å². The van der Waals surface area contributed by atoms with E-state index in [9.17, 15) is 14.3 Å². The molecule has 0 amide bonds. The molecule has 0 fully saturated rings. The minimum atomic E-state index is -4.30. The van der Waals surface area contributed by atoms with Gasteiger partial charge in [-0.15, -0.1) is 0 Å². The van der Waals surface area contributed by atoms with Gasteiger partial charge in [-0.25, -0.2) is 4.57 Å². The van der Waals surface area contributed by atoms with Crippen LogP contribution in [0, 0.1) is 0 Å². The molecule has 364 valence electrons. The van der Waals surface area contributed by atoms with E-state index in [1.54, 1.807) is 0 Å². The largest absolute Gasteiger partial charge is 0.472 e. The van der Waals surface area contributed by atoms with E-state index in [2.05, 4.69) is 98.9 Å². The SMILES string of the molecule is CC/C=C\C/C=C\C/C=C\C/C=C\C/C=C\C/C=C\CCCCCOCC(COP(=O)(O)OCC[N+](C)(C)C)OC(=O)CCCCCCCCCCC/C=C\CCCCCCCC. The molecule has 0 aliphatic carbocycles. The van der Waals surface area contributed by atoms with Gasteiger partial charge in [0.2, 0.25) is 0 Å². The predicted octanol–water partition coefficient (Wildman–Crippen LogP) is 15.6. The number of nitrogens with zero attached hydrogens (tertiary/aromatic N) is 1. The third kappa shape index (κ3) is 50.5. The van der Waals surface area contributed by atoms with Crippen LogP contribution in [0.1, 0.15) is 194 Å². The first-order chi connectivity index (χ1) is 30.6. The van der Waals surface area contributed by atoms with Crippen LogP contribution < -0.4 is 0 Å². The van der Waals surface area contributed by atoms with Gasteiger partial charge in [0.25, 0.3) is 0 Å². The fourth-order valence-electron chi connectivity index (χ4n) is 6.55. The Kier molecular flexibility index (Phi) is 44.5. The molecule has 0 saturated carbocycles. The second-order valence-corrected chi connectivity index (χ2v) is 19.3. The Labute approximate surface area is 388 Å².